The number of aryl methyl sites for hydroxylation is 1. The molecule has 7 heteroatoms. The largest absolute Gasteiger partial charge is 0.360 e. The number of sulfonamides is 1. The second-order valence-corrected chi connectivity index (χ2v) is 4.71. The zero-order valence-corrected chi connectivity index (χ0v) is 8.67. The molecule has 0 saturated heterocycles. The summed E-state index contributed by atoms with van der Waals surface area (Å²) in [6.45, 7) is 2.58. The van der Waals surface area contributed by atoms with Gasteiger partial charge in [-0.05, 0) is 6.92 Å². The van der Waals surface area contributed by atoms with Gasteiger partial charge in [-0.3, -0.25) is 0 Å². The fraction of sp³-hybridized carbons (Fsp3) is 0.571. The monoisotopic (exact) mass is 219 g/mol. The van der Waals surface area contributed by atoms with Gasteiger partial charge in [0.05, 0.1) is 18.0 Å². The number of nitrogens with one attached hydrogen (secondary N) is 1. The van der Waals surface area contributed by atoms with Gasteiger partial charge in [-0.1, -0.05) is 5.16 Å². The van der Waals surface area contributed by atoms with E-state index < -0.39 is 10.0 Å². The number of rotatable bonds is 5. The van der Waals surface area contributed by atoms with E-state index >= 15 is 0 Å². The molecule has 80 valence electrons. The molecule has 0 aliphatic carbocycles. The van der Waals surface area contributed by atoms with E-state index in [0.29, 0.717) is 18.8 Å². The lowest BCUT2D eigenvalue weighted by Gasteiger charge is -1.99. The van der Waals surface area contributed by atoms with Crippen molar-refractivity contribution in [2.24, 2.45) is 5.14 Å². The summed E-state index contributed by atoms with van der Waals surface area (Å²) >= 11 is 0. The summed E-state index contributed by atoms with van der Waals surface area (Å²) in [5.74, 6) is 0.594. The van der Waals surface area contributed by atoms with E-state index in [9.17, 15) is 8.42 Å². The quantitative estimate of drug-likeness (QED) is 0.642. The summed E-state index contributed by atoms with van der Waals surface area (Å²) < 4.78 is 26.0. The minimum absolute atomic E-state index is 0.0832. The summed E-state index contributed by atoms with van der Waals surface area (Å²) in [6.07, 6.45) is 0. The number of aromatic nitrogens is 1. The molecule has 6 nitrogen and oxygen atoms in total. The second kappa shape index (κ2) is 4.54. The molecule has 0 amide bonds. The topological polar surface area (TPSA) is 98.2 Å². The molecule has 0 radical (unpaired) electrons. The highest BCUT2D eigenvalue weighted by molar-refractivity contribution is 7.89. The normalized spacial score (nSPS) is 11.9. The minimum Gasteiger partial charge on any atom is -0.360 e. The summed E-state index contributed by atoms with van der Waals surface area (Å²) in [7, 11) is -3.38. The van der Waals surface area contributed by atoms with Crippen LogP contribution in [0.3, 0.4) is 0 Å². The molecular weight excluding hydrogens is 206 g/mol. The van der Waals surface area contributed by atoms with Crippen molar-refractivity contribution in [3.63, 3.8) is 0 Å². The Balaban J connectivity index is 2.23. The van der Waals surface area contributed by atoms with E-state index in [1.807, 2.05) is 6.92 Å². The Morgan fingerprint density at radius 3 is 2.86 bits per heavy atom. The Bertz CT molecular complexity index is 385. The Morgan fingerprint density at radius 2 is 2.36 bits per heavy atom. The third-order valence-electron chi connectivity index (χ3n) is 1.54. The van der Waals surface area contributed by atoms with Crippen LogP contribution < -0.4 is 10.5 Å². The molecule has 1 aromatic rings. The van der Waals surface area contributed by atoms with Gasteiger partial charge in [-0.25, -0.2) is 13.6 Å². The van der Waals surface area contributed by atoms with E-state index in [0.717, 1.165) is 5.69 Å². The van der Waals surface area contributed by atoms with Crippen molar-refractivity contribution in [2.45, 2.75) is 13.5 Å². The fourth-order valence-corrected chi connectivity index (χ4v) is 1.35. The first-order valence-corrected chi connectivity index (χ1v) is 5.82. The maximum atomic E-state index is 10.5. The first-order valence-electron chi connectivity index (χ1n) is 4.11. The molecule has 1 rings (SSSR count). The van der Waals surface area contributed by atoms with Crippen molar-refractivity contribution in [1.29, 1.82) is 0 Å². The molecule has 0 fully saturated rings. The van der Waals surface area contributed by atoms with Crippen LogP contribution in [0, 0.1) is 6.92 Å². The van der Waals surface area contributed by atoms with Gasteiger partial charge in [0.1, 0.15) is 0 Å². The lowest BCUT2D eigenvalue weighted by Crippen LogP contribution is -2.26. The van der Waals surface area contributed by atoms with Crippen molar-refractivity contribution in [3.05, 3.63) is 17.5 Å². The molecule has 14 heavy (non-hydrogen) atoms. The molecule has 1 aromatic heterocycles. The van der Waals surface area contributed by atoms with Gasteiger partial charge in [0.2, 0.25) is 10.0 Å². The highest BCUT2D eigenvalue weighted by Gasteiger charge is 2.03. The Morgan fingerprint density at radius 1 is 1.64 bits per heavy atom. The maximum Gasteiger partial charge on any atom is 0.210 e. The average molecular weight is 219 g/mol. The van der Waals surface area contributed by atoms with Gasteiger partial charge in [0.15, 0.2) is 5.76 Å². The van der Waals surface area contributed by atoms with Crippen LogP contribution in [0.15, 0.2) is 10.6 Å². The van der Waals surface area contributed by atoms with E-state index in [2.05, 4.69) is 10.5 Å². The standard InChI is InChI=1S/C7H13N3O3S/c1-6-4-7(13-10-6)5-9-2-3-14(8,11)12/h4,9H,2-3,5H2,1H3,(H2,8,11,12). The zero-order chi connectivity index (χ0) is 10.6. The highest BCUT2D eigenvalue weighted by Crippen LogP contribution is 2.00. The number of nitrogens with two attached hydrogens (primary N) is 1. The van der Waals surface area contributed by atoms with Crippen LogP contribution in [0.1, 0.15) is 11.5 Å². The third kappa shape index (κ3) is 4.35. The molecule has 0 unspecified atom stereocenters. The fourth-order valence-electron chi connectivity index (χ4n) is 0.926. The second-order valence-electron chi connectivity index (χ2n) is 2.98. The van der Waals surface area contributed by atoms with Crippen molar-refractivity contribution >= 4 is 10.0 Å². The Kier molecular flexibility index (Phi) is 3.62. The molecule has 0 aromatic carbocycles. The van der Waals surface area contributed by atoms with Gasteiger partial charge in [-0.2, -0.15) is 0 Å². The summed E-state index contributed by atoms with van der Waals surface area (Å²) in [6, 6.07) is 1.78. The van der Waals surface area contributed by atoms with Crippen LogP contribution >= 0.6 is 0 Å². The van der Waals surface area contributed by atoms with Gasteiger partial charge >= 0.3 is 0 Å². The summed E-state index contributed by atoms with van der Waals surface area (Å²) in [5.41, 5.74) is 0.799. The number of hydrogen-bond acceptors (Lipinski definition) is 5. The molecule has 0 bridgehead atoms. The lowest BCUT2D eigenvalue weighted by atomic mass is 10.4. The van der Waals surface area contributed by atoms with Crippen molar-refractivity contribution in [3.8, 4) is 0 Å². The van der Waals surface area contributed by atoms with Crippen molar-refractivity contribution in [2.75, 3.05) is 12.3 Å². The lowest BCUT2D eigenvalue weighted by molar-refractivity contribution is 0.371. The van der Waals surface area contributed by atoms with Crippen LogP contribution in [0.5, 0.6) is 0 Å². The molecule has 1 heterocycles. The molecule has 0 saturated carbocycles. The highest BCUT2D eigenvalue weighted by atomic mass is 32.2. The molecule has 3 N–H and O–H groups in total. The average Bonchev–Trinajstić information content (AvgIpc) is 2.44. The molecular formula is C7H13N3O3S. The maximum absolute atomic E-state index is 10.5. The van der Waals surface area contributed by atoms with Gasteiger partial charge < -0.3 is 9.84 Å². The molecule has 0 aliphatic rings. The first kappa shape index (κ1) is 11.2. The smallest absolute Gasteiger partial charge is 0.210 e. The van der Waals surface area contributed by atoms with E-state index in [1.165, 1.54) is 0 Å². The van der Waals surface area contributed by atoms with Crippen LogP contribution in [0.4, 0.5) is 0 Å². The zero-order valence-electron chi connectivity index (χ0n) is 7.86. The van der Waals surface area contributed by atoms with Crippen molar-refractivity contribution in [1.82, 2.24) is 10.5 Å². The predicted molar refractivity (Wildman–Crippen MR) is 50.9 cm³/mol. The van der Waals surface area contributed by atoms with Crippen LogP contribution in [-0.2, 0) is 16.6 Å². The van der Waals surface area contributed by atoms with E-state index in [1.54, 1.807) is 6.07 Å². The van der Waals surface area contributed by atoms with Crippen molar-refractivity contribution < 1.29 is 12.9 Å². The van der Waals surface area contributed by atoms with Crippen LogP contribution in [0.2, 0.25) is 0 Å². The van der Waals surface area contributed by atoms with Gasteiger partial charge in [-0.15, -0.1) is 0 Å². The van der Waals surface area contributed by atoms with Crippen LogP contribution in [-0.4, -0.2) is 25.9 Å². The number of primary sulfonamides is 1. The molecule has 0 aliphatic heterocycles. The van der Waals surface area contributed by atoms with E-state index in [-0.39, 0.29) is 5.75 Å². The SMILES string of the molecule is Cc1cc(CNCCS(N)(=O)=O)on1. The molecule has 0 spiro atoms. The first-order chi connectivity index (χ1) is 6.47. The minimum atomic E-state index is -3.38. The molecule has 0 atom stereocenters. The van der Waals surface area contributed by atoms with Gasteiger partial charge in [0, 0.05) is 12.6 Å². The summed E-state index contributed by atoms with van der Waals surface area (Å²) in [4.78, 5) is 0. The van der Waals surface area contributed by atoms with Gasteiger partial charge in [0.25, 0.3) is 0 Å². The Hall–Kier alpha value is -0.920. The Labute approximate surface area is 82.5 Å². The predicted octanol–water partition coefficient (Wildman–Crippen LogP) is -0.639. The summed E-state index contributed by atoms with van der Waals surface area (Å²) in [5, 5.41) is 11.4. The third-order valence-corrected chi connectivity index (χ3v) is 2.31. The number of hydrogen-bond donors (Lipinski definition) is 2. The van der Waals surface area contributed by atoms with E-state index in [4.69, 9.17) is 9.66 Å². The van der Waals surface area contributed by atoms with Crippen LogP contribution in [0.25, 0.3) is 0 Å². The number of nitrogens with zero attached hydrogens (tertiary/aromatic N) is 1.